The van der Waals surface area contributed by atoms with Gasteiger partial charge in [0.2, 0.25) is 0 Å². The Morgan fingerprint density at radius 1 is 1.33 bits per heavy atom. The standard InChI is InChI=1S/C10H17N3O2/c1-9-7-10(13-12-8-9)11-3-4-15-6-5-14-2/h7-8H,3-6H2,1-2H3,(H,11,13). The molecule has 0 fully saturated rings. The van der Waals surface area contributed by atoms with Crippen LogP contribution in [0.5, 0.6) is 0 Å². The number of nitrogens with zero attached hydrogens (tertiary/aromatic N) is 2. The summed E-state index contributed by atoms with van der Waals surface area (Å²) in [5, 5.41) is 10.9. The van der Waals surface area contributed by atoms with Gasteiger partial charge in [0, 0.05) is 13.7 Å². The molecule has 0 bridgehead atoms. The van der Waals surface area contributed by atoms with Crippen LogP contribution in [-0.4, -0.2) is 43.7 Å². The molecule has 0 saturated heterocycles. The Balaban J connectivity index is 2.10. The van der Waals surface area contributed by atoms with Gasteiger partial charge in [-0.2, -0.15) is 5.10 Å². The largest absolute Gasteiger partial charge is 0.382 e. The van der Waals surface area contributed by atoms with Crippen molar-refractivity contribution in [3.05, 3.63) is 17.8 Å². The Labute approximate surface area is 89.8 Å². The van der Waals surface area contributed by atoms with Crippen molar-refractivity contribution in [3.8, 4) is 0 Å². The van der Waals surface area contributed by atoms with Crippen LogP contribution in [0.2, 0.25) is 0 Å². The van der Waals surface area contributed by atoms with Gasteiger partial charge in [0.1, 0.15) is 5.82 Å². The first-order valence-corrected chi connectivity index (χ1v) is 4.93. The van der Waals surface area contributed by atoms with Crippen molar-refractivity contribution in [1.29, 1.82) is 0 Å². The predicted octanol–water partition coefficient (Wildman–Crippen LogP) is 0.860. The molecule has 0 saturated carbocycles. The lowest BCUT2D eigenvalue weighted by Gasteiger charge is -2.06. The number of methoxy groups -OCH3 is 1. The number of aromatic nitrogens is 2. The molecular formula is C10H17N3O2. The SMILES string of the molecule is COCCOCCNc1cc(C)cnn1. The third-order valence-electron chi connectivity index (χ3n) is 1.78. The monoisotopic (exact) mass is 211 g/mol. The van der Waals surface area contributed by atoms with Crippen LogP contribution >= 0.6 is 0 Å². The second-order valence-electron chi connectivity index (χ2n) is 3.15. The van der Waals surface area contributed by atoms with Crippen LogP contribution < -0.4 is 5.32 Å². The molecule has 1 aromatic rings. The number of rotatable bonds is 7. The van der Waals surface area contributed by atoms with E-state index >= 15 is 0 Å². The van der Waals surface area contributed by atoms with Gasteiger partial charge in [-0.15, -0.1) is 5.10 Å². The molecule has 0 spiro atoms. The first-order valence-electron chi connectivity index (χ1n) is 4.93. The second kappa shape index (κ2) is 7.14. The maximum Gasteiger partial charge on any atom is 0.148 e. The minimum atomic E-state index is 0.623. The number of anilines is 1. The van der Waals surface area contributed by atoms with Gasteiger partial charge >= 0.3 is 0 Å². The number of hydrogen-bond donors (Lipinski definition) is 1. The fraction of sp³-hybridized carbons (Fsp3) is 0.600. The highest BCUT2D eigenvalue weighted by Gasteiger charge is 1.94. The summed E-state index contributed by atoms with van der Waals surface area (Å²) in [5.74, 6) is 0.783. The minimum Gasteiger partial charge on any atom is -0.382 e. The molecular weight excluding hydrogens is 194 g/mol. The highest BCUT2D eigenvalue weighted by atomic mass is 16.5. The molecule has 5 heteroatoms. The van der Waals surface area contributed by atoms with Crippen molar-refractivity contribution in [2.75, 3.05) is 38.8 Å². The zero-order chi connectivity index (χ0) is 10.9. The lowest BCUT2D eigenvalue weighted by Crippen LogP contribution is -2.12. The van der Waals surface area contributed by atoms with E-state index in [0.717, 1.165) is 17.9 Å². The van der Waals surface area contributed by atoms with E-state index in [1.807, 2.05) is 13.0 Å². The summed E-state index contributed by atoms with van der Waals surface area (Å²) in [6, 6.07) is 1.95. The zero-order valence-corrected chi connectivity index (χ0v) is 9.19. The van der Waals surface area contributed by atoms with Crippen molar-refractivity contribution in [2.45, 2.75) is 6.92 Å². The molecule has 15 heavy (non-hydrogen) atoms. The number of hydrogen-bond acceptors (Lipinski definition) is 5. The van der Waals surface area contributed by atoms with E-state index in [2.05, 4.69) is 15.5 Å². The van der Waals surface area contributed by atoms with Gasteiger partial charge in [-0.25, -0.2) is 0 Å². The van der Waals surface area contributed by atoms with Crippen LogP contribution in [0.4, 0.5) is 5.82 Å². The Kier molecular flexibility index (Phi) is 5.65. The van der Waals surface area contributed by atoms with Crippen LogP contribution in [-0.2, 0) is 9.47 Å². The molecule has 84 valence electrons. The lowest BCUT2D eigenvalue weighted by atomic mass is 10.3. The normalized spacial score (nSPS) is 10.3. The van der Waals surface area contributed by atoms with Crippen molar-refractivity contribution in [3.63, 3.8) is 0 Å². The van der Waals surface area contributed by atoms with Crippen molar-refractivity contribution < 1.29 is 9.47 Å². The highest BCUT2D eigenvalue weighted by Crippen LogP contribution is 2.01. The van der Waals surface area contributed by atoms with E-state index in [9.17, 15) is 0 Å². The Morgan fingerprint density at radius 2 is 2.20 bits per heavy atom. The molecule has 0 aliphatic rings. The van der Waals surface area contributed by atoms with E-state index in [0.29, 0.717) is 19.8 Å². The molecule has 1 heterocycles. The minimum absolute atomic E-state index is 0.623. The first kappa shape index (κ1) is 11.9. The summed E-state index contributed by atoms with van der Waals surface area (Å²) in [5.41, 5.74) is 1.09. The third-order valence-corrected chi connectivity index (χ3v) is 1.78. The van der Waals surface area contributed by atoms with Gasteiger partial charge in [-0.05, 0) is 18.6 Å². The molecule has 5 nitrogen and oxygen atoms in total. The van der Waals surface area contributed by atoms with Gasteiger partial charge in [0.05, 0.1) is 26.0 Å². The summed E-state index contributed by atoms with van der Waals surface area (Å²) < 4.78 is 10.1. The maximum atomic E-state index is 5.29. The summed E-state index contributed by atoms with van der Waals surface area (Å²) in [7, 11) is 1.66. The van der Waals surface area contributed by atoms with Crippen LogP contribution in [0.1, 0.15) is 5.56 Å². The second-order valence-corrected chi connectivity index (χ2v) is 3.15. The molecule has 0 atom stereocenters. The van der Waals surface area contributed by atoms with Gasteiger partial charge in [-0.1, -0.05) is 0 Å². The Bertz CT molecular complexity index is 281. The van der Waals surface area contributed by atoms with Gasteiger partial charge < -0.3 is 14.8 Å². The number of nitrogens with one attached hydrogen (secondary N) is 1. The topological polar surface area (TPSA) is 56.3 Å². The van der Waals surface area contributed by atoms with Crippen LogP contribution in [0.25, 0.3) is 0 Å². The molecule has 1 N–H and O–H groups in total. The fourth-order valence-electron chi connectivity index (χ4n) is 1.05. The Hall–Kier alpha value is -1.20. The average Bonchev–Trinajstić information content (AvgIpc) is 2.23. The molecule has 0 aliphatic heterocycles. The molecule has 0 amide bonds. The van der Waals surface area contributed by atoms with E-state index in [4.69, 9.17) is 9.47 Å². The highest BCUT2D eigenvalue weighted by molar-refractivity contribution is 5.34. The molecule has 0 unspecified atom stereocenters. The van der Waals surface area contributed by atoms with Gasteiger partial charge in [0.25, 0.3) is 0 Å². The molecule has 1 rings (SSSR count). The van der Waals surface area contributed by atoms with E-state index < -0.39 is 0 Å². The summed E-state index contributed by atoms with van der Waals surface area (Å²) in [4.78, 5) is 0. The molecule has 1 aromatic heterocycles. The molecule has 0 aromatic carbocycles. The van der Waals surface area contributed by atoms with Crippen molar-refractivity contribution >= 4 is 5.82 Å². The van der Waals surface area contributed by atoms with E-state index in [1.165, 1.54) is 0 Å². The molecule has 0 aliphatic carbocycles. The van der Waals surface area contributed by atoms with E-state index in [-0.39, 0.29) is 0 Å². The number of ether oxygens (including phenoxy) is 2. The maximum absolute atomic E-state index is 5.29. The zero-order valence-electron chi connectivity index (χ0n) is 9.19. The molecule has 0 radical (unpaired) electrons. The quantitative estimate of drug-likeness (QED) is 0.678. The van der Waals surface area contributed by atoms with Gasteiger partial charge in [-0.3, -0.25) is 0 Å². The summed E-state index contributed by atoms with van der Waals surface area (Å²) in [6.07, 6.45) is 1.72. The summed E-state index contributed by atoms with van der Waals surface area (Å²) in [6.45, 7) is 4.59. The number of aryl methyl sites for hydroxylation is 1. The fourth-order valence-corrected chi connectivity index (χ4v) is 1.05. The predicted molar refractivity (Wildman–Crippen MR) is 58.0 cm³/mol. The van der Waals surface area contributed by atoms with Crippen LogP contribution in [0.3, 0.4) is 0 Å². The van der Waals surface area contributed by atoms with E-state index in [1.54, 1.807) is 13.3 Å². The smallest absolute Gasteiger partial charge is 0.148 e. The van der Waals surface area contributed by atoms with Crippen LogP contribution in [0, 0.1) is 6.92 Å². The third kappa shape index (κ3) is 5.29. The van der Waals surface area contributed by atoms with Crippen molar-refractivity contribution in [1.82, 2.24) is 10.2 Å². The first-order chi connectivity index (χ1) is 7.33. The van der Waals surface area contributed by atoms with Crippen molar-refractivity contribution in [2.24, 2.45) is 0 Å². The average molecular weight is 211 g/mol. The Morgan fingerprint density at radius 3 is 2.93 bits per heavy atom. The van der Waals surface area contributed by atoms with Crippen LogP contribution in [0.15, 0.2) is 12.3 Å². The lowest BCUT2D eigenvalue weighted by molar-refractivity contribution is 0.0759. The van der Waals surface area contributed by atoms with Gasteiger partial charge in [0.15, 0.2) is 0 Å². The summed E-state index contributed by atoms with van der Waals surface area (Å²) >= 11 is 0.